The number of nitrogen functional groups attached to an aromatic ring is 1. The van der Waals surface area contributed by atoms with Crippen LogP contribution in [0.1, 0.15) is 16.8 Å². The summed E-state index contributed by atoms with van der Waals surface area (Å²) >= 11 is 3.36. The number of aryl methyl sites for hydroxylation is 2. The van der Waals surface area contributed by atoms with Gasteiger partial charge in [0.15, 0.2) is 0 Å². The Hall–Kier alpha value is -1.36. The molecule has 3 nitrogen and oxygen atoms in total. The SMILES string of the molecule is Cc1ccc(F)cc1Cn1nc(C)c(Br)c1N. The van der Waals surface area contributed by atoms with Crippen LogP contribution in [0, 0.1) is 19.7 Å². The number of nitrogens with zero attached hydrogens (tertiary/aromatic N) is 2. The topological polar surface area (TPSA) is 43.8 Å². The third kappa shape index (κ3) is 2.34. The molecule has 0 aliphatic carbocycles. The number of nitrogens with two attached hydrogens (primary N) is 1. The number of rotatable bonds is 2. The van der Waals surface area contributed by atoms with Gasteiger partial charge in [-0.25, -0.2) is 9.07 Å². The molecule has 2 aromatic rings. The highest BCUT2D eigenvalue weighted by atomic mass is 79.9. The lowest BCUT2D eigenvalue weighted by Gasteiger charge is -2.07. The maximum absolute atomic E-state index is 13.2. The van der Waals surface area contributed by atoms with Crippen molar-refractivity contribution in [3.63, 3.8) is 0 Å². The molecule has 0 aliphatic rings. The van der Waals surface area contributed by atoms with Gasteiger partial charge in [0.25, 0.3) is 0 Å². The zero-order valence-corrected chi connectivity index (χ0v) is 11.3. The number of hydrogen-bond acceptors (Lipinski definition) is 2. The van der Waals surface area contributed by atoms with Gasteiger partial charge >= 0.3 is 0 Å². The van der Waals surface area contributed by atoms with E-state index >= 15 is 0 Å². The molecule has 0 atom stereocenters. The van der Waals surface area contributed by atoms with Gasteiger partial charge in [0.2, 0.25) is 0 Å². The van der Waals surface area contributed by atoms with E-state index in [2.05, 4.69) is 21.0 Å². The summed E-state index contributed by atoms with van der Waals surface area (Å²) in [6.07, 6.45) is 0. The predicted molar refractivity (Wildman–Crippen MR) is 69.3 cm³/mol. The standard InChI is InChI=1S/C12H13BrFN3/c1-7-3-4-10(14)5-9(7)6-17-12(15)11(13)8(2)16-17/h3-5H,6,15H2,1-2H3. The molecule has 2 N–H and O–H groups in total. The summed E-state index contributed by atoms with van der Waals surface area (Å²) < 4.78 is 15.6. The monoisotopic (exact) mass is 297 g/mol. The average Bonchev–Trinajstić information content (AvgIpc) is 2.52. The lowest BCUT2D eigenvalue weighted by Crippen LogP contribution is -2.07. The fourth-order valence-corrected chi connectivity index (χ4v) is 1.95. The molecule has 90 valence electrons. The summed E-state index contributed by atoms with van der Waals surface area (Å²) in [5, 5.41) is 4.30. The number of anilines is 1. The summed E-state index contributed by atoms with van der Waals surface area (Å²) in [4.78, 5) is 0. The van der Waals surface area contributed by atoms with E-state index in [1.165, 1.54) is 12.1 Å². The van der Waals surface area contributed by atoms with Gasteiger partial charge in [0.05, 0.1) is 16.7 Å². The van der Waals surface area contributed by atoms with Crippen molar-refractivity contribution in [2.24, 2.45) is 0 Å². The Bertz CT molecular complexity index is 563. The van der Waals surface area contributed by atoms with Gasteiger partial charge in [-0.05, 0) is 53.0 Å². The van der Waals surface area contributed by atoms with Gasteiger partial charge in [-0.1, -0.05) is 6.07 Å². The molecule has 17 heavy (non-hydrogen) atoms. The maximum Gasteiger partial charge on any atom is 0.136 e. The first-order valence-electron chi connectivity index (χ1n) is 5.22. The van der Waals surface area contributed by atoms with E-state index in [1.54, 1.807) is 10.7 Å². The zero-order valence-electron chi connectivity index (χ0n) is 9.67. The van der Waals surface area contributed by atoms with E-state index in [4.69, 9.17) is 5.73 Å². The molecule has 1 aromatic carbocycles. The molecule has 0 aliphatic heterocycles. The molecule has 0 spiro atoms. The van der Waals surface area contributed by atoms with Crippen LogP contribution >= 0.6 is 15.9 Å². The second-order valence-electron chi connectivity index (χ2n) is 4.01. The van der Waals surface area contributed by atoms with Crippen LogP contribution < -0.4 is 5.73 Å². The van der Waals surface area contributed by atoms with Crippen LogP contribution in [-0.2, 0) is 6.54 Å². The molecule has 5 heteroatoms. The first kappa shape index (κ1) is 12.1. The third-order valence-electron chi connectivity index (χ3n) is 2.72. The van der Waals surface area contributed by atoms with Crippen molar-refractivity contribution in [1.82, 2.24) is 9.78 Å². The minimum atomic E-state index is -0.243. The fourth-order valence-electron chi connectivity index (χ4n) is 1.67. The first-order chi connectivity index (χ1) is 7.99. The molecular formula is C12H13BrFN3. The van der Waals surface area contributed by atoms with Crippen molar-refractivity contribution in [3.8, 4) is 0 Å². The lowest BCUT2D eigenvalue weighted by molar-refractivity contribution is 0.618. The Morgan fingerprint density at radius 2 is 2.12 bits per heavy atom. The van der Waals surface area contributed by atoms with Crippen molar-refractivity contribution in [3.05, 3.63) is 45.3 Å². The van der Waals surface area contributed by atoms with Gasteiger partial charge in [-0.15, -0.1) is 0 Å². The van der Waals surface area contributed by atoms with Crippen LogP contribution in [0.25, 0.3) is 0 Å². The van der Waals surface area contributed by atoms with Crippen molar-refractivity contribution in [2.45, 2.75) is 20.4 Å². The molecule has 0 saturated carbocycles. The molecule has 2 rings (SSSR count). The van der Waals surface area contributed by atoms with E-state index in [1.807, 2.05) is 13.8 Å². The first-order valence-corrected chi connectivity index (χ1v) is 6.01. The summed E-state index contributed by atoms with van der Waals surface area (Å²) in [6.45, 7) is 4.29. The van der Waals surface area contributed by atoms with Crippen molar-refractivity contribution >= 4 is 21.7 Å². The molecule has 0 fully saturated rings. The van der Waals surface area contributed by atoms with Gasteiger partial charge in [-0.3, -0.25) is 0 Å². The highest BCUT2D eigenvalue weighted by Crippen LogP contribution is 2.24. The zero-order chi connectivity index (χ0) is 12.6. The van der Waals surface area contributed by atoms with Crippen LogP contribution in [0.5, 0.6) is 0 Å². The number of hydrogen-bond donors (Lipinski definition) is 1. The quantitative estimate of drug-likeness (QED) is 0.926. The molecule has 0 bridgehead atoms. The van der Waals surface area contributed by atoms with E-state index in [0.717, 1.165) is 21.3 Å². The van der Waals surface area contributed by atoms with Gasteiger partial charge in [0.1, 0.15) is 11.6 Å². The number of halogens is 2. The van der Waals surface area contributed by atoms with E-state index in [-0.39, 0.29) is 5.82 Å². The van der Waals surface area contributed by atoms with Crippen LogP contribution in [-0.4, -0.2) is 9.78 Å². The van der Waals surface area contributed by atoms with Crippen molar-refractivity contribution in [2.75, 3.05) is 5.73 Å². The predicted octanol–water partition coefficient (Wildman–Crippen LogP) is 3.03. The van der Waals surface area contributed by atoms with Gasteiger partial charge in [-0.2, -0.15) is 5.10 Å². The third-order valence-corrected chi connectivity index (χ3v) is 3.70. The highest BCUT2D eigenvalue weighted by molar-refractivity contribution is 9.10. The summed E-state index contributed by atoms with van der Waals surface area (Å²) in [6, 6.07) is 4.72. The van der Waals surface area contributed by atoms with Crippen molar-refractivity contribution < 1.29 is 4.39 Å². The molecule has 1 aromatic heterocycles. The lowest BCUT2D eigenvalue weighted by atomic mass is 10.1. The average molecular weight is 298 g/mol. The summed E-state index contributed by atoms with van der Waals surface area (Å²) in [5.74, 6) is 0.318. The fraction of sp³-hybridized carbons (Fsp3) is 0.250. The molecule has 0 unspecified atom stereocenters. The van der Waals surface area contributed by atoms with Crippen LogP contribution in [0.15, 0.2) is 22.7 Å². The molecule has 0 saturated heterocycles. The number of aromatic nitrogens is 2. The normalized spacial score (nSPS) is 10.8. The minimum Gasteiger partial charge on any atom is -0.383 e. The second-order valence-corrected chi connectivity index (χ2v) is 4.81. The van der Waals surface area contributed by atoms with Crippen molar-refractivity contribution in [1.29, 1.82) is 0 Å². The molecular weight excluding hydrogens is 285 g/mol. The second kappa shape index (κ2) is 4.49. The van der Waals surface area contributed by atoms with Gasteiger partial charge < -0.3 is 5.73 Å². The Kier molecular flexibility index (Phi) is 3.19. The van der Waals surface area contributed by atoms with Gasteiger partial charge in [0, 0.05) is 0 Å². The van der Waals surface area contributed by atoms with Crippen LogP contribution in [0.3, 0.4) is 0 Å². The Balaban J connectivity index is 2.37. The summed E-state index contributed by atoms with van der Waals surface area (Å²) in [7, 11) is 0. The molecule has 1 heterocycles. The van der Waals surface area contributed by atoms with E-state index < -0.39 is 0 Å². The summed E-state index contributed by atoms with van der Waals surface area (Å²) in [5.41, 5.74) is 8.63. The Labute approximate surface area is 108 Å². The maximum atomic E-state index is 13.2. The van der Waals surface area contributed by atoms with E-state index in [9.17, 15) is 4.39 Å². The molecule has 0 amide bonds. The van der Waals surface area contributed by atoms with Crippen LogP contribution in [0.4, 0.5) is 10.2 Å². The Morgan fingerprint density at radius 1 is 1.41 bits per heavy atom. The van der Waals surface area contributed by atoms with Crippen LogP contribution in [0.2, 0.25) is 0 Å². The largest absolute Gasteiger partial charge is 0.383 e. The highest BCUT2D eigenvalue weighted by Gasteiger charge is 2.11. The Morgan fingerprint density at radius 3 is 2.71 bits per heavy atom. The minimum absolute atomic E-state index is 0.243. The molecule has 0 radical (unpaired) electrons. The number of benzene rings is 1. The smallest absolute Gasteiger partial charge is 0.136 e. The van der Waals surface area contributed by atoms with E-state index in [0.29, 0.717) is 12.4 Å².